The summed E-state index contributed by atoms with van der Waals surface area (Å²) in [6.07, 6.45) is 7.36. The second-order valence-electron chi connectivity index (χ2n) is 11.0. The number of likely N-dealkylation sites (tertiary alicyclic amines) is 1. The Morgan fingerprint density at radius 1 is 1.24 bits per heavy atom. The van der Waals surface area contributed by atoms with Gasteiger partial charge in [0.1, 0.15) is 0 Å². The summed E-state index contributed by atoms with van der Waals surface area (Å²) in [5.74, 6) is 1.22. The molecule has 202 valence electrons. The normalized spacial score (nSPS) is 22.4. The summed E-state index contributed by atoms with van der Waals surface area (Å²) in [6.45, 7) is 14.2. The zero-order valence-electron chi connectivity index (χ0n) is 22.2. The molecule has 0 bridgehead atoms. The lowest BCUT2D eigenvalue weighted by molar-refractivity contribution is -0.135. The Morgan fingerprint density at radius 2 is 2.05 bits per heavy atom. The SMILES string of the molecule is [C-]#[N+][C@@H]1CCCN1C(=O)C1CC=C(c2ccc(OCC3CCN(c4nc(C(C)C)no4)CC3)c(F)c2)CC1. The predicted octanol–water partition coefficient (Wildman–Crippen LogP) is 5.68. The van der Waals surface area contributed by atoms with Crippen LogP contribution in [-0.2, 0) is 4.79 Å². The van der Waals surface area contributed by atoms with E-state index in [4.69, 9.17) is 15.8 Å². The smallest absolute Gasteiger partial charge is 0.324 e. The fourth-order valence-electron chi connectivity index (χ4n) is 5.60. The third kappa shape index (κ3) is 5.69. The molecule has 2 aromatic rings. The Hall–Kier alpha value is -3.41. The van der Waals surface area contributed by atoms with E-state index in [0.29, 0.717) is 31.5 Å². The van der Waals surface area contributed by atoms with Gasteiger partial charge in [-0.2, -0.15) is 4.98 Å². The quantitative estimate of drug-likeness (QED) is 0.437. The Balaban J connectivity index is 1.11. The fourth-order valence-corrected chi connectivity index (χ4v) is 5.60. The van der Waals surface area contributed by atoms with E-state index < -0.39 is 0 Å². The van der Waals surface area contributed by atoms with E-state index in [2.05, 4.69) is 26.0 Å². The van der Waals surface area contributed by atoms with Crippen molar-refractivity contribution in [2.45, 2.75) is 70.9 Å². The van der Waals surface area contributed by atoms with Crippen LogP contribution < -0.4 is 9.64 Å². The molecule has 0 radical (unpaired) electrons. The third-order valence-corrected chi connectivity index (χ3v) is 8.02. The highest BCUT2D eigenvalue weighted by atomic mass is 19.1. The number of halogens is 1. The van der Waals surface area contributed by atoms with Gasteiger partial charge in [0.15, 0.2) is 17.4 Å². The maximum Gasteiger partial charge on any atom is 0.324 e. The number of carbonyl (C=O) groups is 1. The number of allylic oxidation sites excluding steroid dienone is 2. The number of amides is 1. The number of hydrogen-bond acceptors (Lipinski definition) is 6. The van der Waals surface area contributed by atoms with Crippen LogP contribution in [0.25, 0.3) is 10.4 Å². The Kier molecular flexibility index (Phi) is 7.96. The number of ether oxygens (including phenoxy) is 1. The fraction of sp³-hybridized carbons (Fsp3) is 0.586. The average molecular weight is 522 g/mol. The molecule has 0 spiro atoms. The molecule has 2 saturated heterocycles. The number of carbonyl (C=O) groups excluding carboxylic acids is 1. The van der Waals surface area contributed by atoms with Crippen molar-refractivity contribution in [3.05, 3.63) is 52.9 Å². The molecule has 3 aliphatic rings. The van der Waals surface area contributed by atoms with Crippen molar-refractivity contribution in [2.75, 3.05) is 31.1 Å². The summed E-state index contributed by atoms with van der Waals surface area (Å²) in [4.78, 5) is 24.8. The zero-order valence-corrected chi connectivity index (χ0v) is 22.2. The zero-order chi connectivity index (χ0) is 26.6. The number of anilines is 1. The molecule has 1 aromatic carbocycles. The number of benzene rings is 1. The molecular weight excluding hydrogens is 485 g/mol. The van der Waals surface area contributed by atoms with Crippen molar-refractivity contribution in [1.29, 1.82) is 0 Å². The summed E-state index contributed by atoms with van der Waals surface area (Å²) in [5, 5.41) is 4.05. The largest absolute Gasteiger partial charge is 0.490 e. The lowest BCUT2D eigenvalue weighted by atomic mass is 9.85. The van der Waals surface area contributed by atoms with Crippen LogP contribution in [0.15, 0.2) is 28.8 Å². The molecule has 9 heteroatoms. The Bertz CT molecular complexity index is 1210. The first-order valence-corrected chi connectivity index (χ1v) is 13.8. The van der Waals surface area contributed by atoms with Crippen LogP contribution in [0.1, 0.15) is 76.1 Å². The second-order valence-corrected chi connectivity index (χ2v) is 11.0. The van der Waals surface area contributed by atoms with E-state index in [1.165, 1.54) is 0 Å². The first-order valence-electron chi connectivity index (χ1n) is 13.8. The van der Waals surface area contributed by atoms with Gasteiger partial charge in [-0.05, 0) is 67.7 Å². The molecule has 2 aliphatic heterocycles. The maximum atomic E-state index is 14.9. The van der Waals surface area contributed by atoms with E-state index in [0.717, 1.165) is 68.6 Å². The van der Waals surface area contributed by atoms with Crippen molar-refractivity contribution < 1.29 is 18.4 Å². The van der Waals surface area contributed by atoms with Crippen LogP contribution >= 0.6 is 0 Å². The summed E-state index contributed by atoms with van der Waals surface area (Å²) in [7, 11) is 0. The minimum absolute atomic E-state index is 0.0861. The van der Waals surface area contributed by atoms with Gasteiger partial charge in [0.2, 0.25) is 5.91 Å². The summed E-state index contributed by atoms with van der Waals surface area (Å²) < 4.78 is 26.2. The molecule has 0 saturated carbocycles. The second kappa shape index (κ2) is 11.5. The number of piperidine rings is 1. The van der Waals surface area contributed by atoms with Crippen molar-refractivity contribution >= 4 is 17.5 Å². The minimum Gasteiger partial charge on any atom is -0.490 e. The maximum absolute atomic E-state index is 14.9. The number of nitrogens with zero attached hydrogens (tertiary/aromatic N) is 5. The molecule has 2 atom stereocenters. The van der Waals surface area contributed by atoms with Crippen molar-refractivity contribution in [3.63, 3.8) is 0 Å². The van der Waals surface area contributed by atoms with Gasteiger partial charge in [-0.3, -0.25) is 14.5 Å². The molecule has 0 N–H and O–H groups in total. The van der Waals surface area contributed by atoms with Gasteiger partial charge in [0.05, 0.1) is 6.61 Å². The van der Waals surface area contributed by atoms with Crippen LogP contribution in [0.2, 0.25) is 0 Å². The molecule has 1 unspecified atom stereocenters. The van der Waals surface area contributed by atoms with E-state index in [1.807, 2.05) is 19.9 Å². The number of hydrogen-bond donors (Lipinski definition) is 0. The topological polar surface area (TPSA) is 76.1 Å². The van der Waals surface area contributed by atoms with Crippen molar-refractivity contribution in [2.24, 2.45) is 11.8 Å². The summed E-state index contributed by atoms with van der Waals surface area (Å²) in [5.41, 5.74) is 1.91. The van der Waals surface area contributed by atoms with Crippen molar-refractivity contribution in [1.82, 2.24) is 15.0 Å². The molecule has 1 amide bonds. The molecule has 38 heavy (non-hydrogen) atoms. The first kappa shape index (κ1) is 26.2. The molecule has 1 aliphatic carbocycles. The van der Waals surface area contributed by atoms with Crippen LogP contribution in [0.5, 0.6) is 5.75 Å². The van der Waals surface area contributed by atoms with Gasteiger partial charge < -0.3 is 14.2 Å². The monoisotopic (exact) mass is 521 g/mol. The van der Waals surface area contributed by atoms with Crippen molar-refractivity contribution in [3.8, 4) is 5.75 Å². The third-order valence-electron chi connectivity index (χ3n) is 8.02. The highest BCUT2D eigenvalue weighted by Crippen LogP contribution is 2.34. The molecular formula is C29H36FN5O3. The van der Waals surface area contributed by atoms with Gasteiger partial charge in [0.25, 0.3) is 0 Å². The predicted molar refractivity (Wildman–Crippen MR) is 142 cm³/mol. The summed E-state index contributed by atoms with van der Waals surface area (Å²) in [6, 6.07) is 5.75. The van der Waals surface area contributed by atoms with Crippen LogP contribution in [0.3, 0.4) is 0 Å². The van der Waals surface area contributed by atoms with Gasteiger partial charge in [-0.15, -0.1) is 0 Å². The minimum atomic E-state index is -0.358. The molecule has 5 rings (SSSR count). The lowest BCUT2D eigenvalue weighted by Crippen LogP contribution is -2.38. The molecule has 3 heterocycles. The van der Waals surface area contributed by atoms with E-state index >= 15 is 0 Å². The van der Waals surface area contributed by atoms with Crippen LogP contribution in [-0.4, -0.2) is 53.4 Å². The van der Waals surface area contributed by atoms with E-state index in [9.17, 15) is 9.18 Å². The highest BCUT2D eigenvalue weighted by Gasteiger charge is 2.37. The molecule has 1 aromatic heterocycles. The number of rotatable bonds is 7. The van der Waals surface area contributed by atoms with Gasteiger partial charge in [0, 0.05) is 37.9 Å². The first-order chi connectivity index (χ1) is 18.4. The Labute approximate surface area is 223 Å². The van der Waals surface area contributed by atoms with Gasteiger partial charge in [-0.25, -0.2) is 11.0 Å². The van der Waals surface area contributed by atoms with Crippen LogP contribution in [0, 0.1) is 24.2 Å². The van der Waals surface area contributed by atoms with Crippen LogP contribution in [0.4, 0.5) is 10.4 Å². The summed E-state index contributed by atoms with van der Waals surface area (Å²) >= 11 is 0. The highest BCUT2D eigenvalue weighted by molar-refractivity contribution is 5.81. The Morgan fingerprint density at radius 3 is 2.71 bits per heavy atom. The number of aromatic nitrogens is 2. The average Bonchev–Trinajstić information content (AvgIpc) is 3.63. The van der Waals surface area contributed by atoms with E-state index in [1.54, 1.807) is 17.0 Å². The lowest BCUT2D eigenvalue weighted by Gasteiger charge is -2.30. The van der Waals surface area contributed by atoms with E-state index in [-0.39, 0.29) is 35.5 Å². The standard InChI is InChI=1S/C29H36FN5O3/c1-19(2)27-32-29(38-33-27)34-15-12-20(13-16-34)18-37-25-11-10-23(17-24(25)30)21-6-8-22(9-7-21)28(36)35-14-4-5-26(35)31-3/h6,10-11,17,19-20,22,26H,4-5,7-9,12-16,18H2,1-2H3/t22?,26-/m0/s1. The van der Waals surface area contributed by atoms with Gasteiger partial charge in [-0.1, -0.05) is 31.1 Å². The van der Waals surface area contributed by atoms with Gasteiger partial charge >= 0.3 is 12.2 Å². The molecule has 2 fully saturated rings. The molecule has 8 nitrogen and oxygen atoms in total.